The Morgan fingerprint density at radius 3 is 2.38 bits per heavy atom. The van der Waals surface area contributed by atoms with Crippen LogP contribution >= 0.6 is 15.9 Å². The van der Waals surface area contributed by atoms with Crippen LogP contribution in [-0.2, 0) is 11.9 Å². The first-order valence-electron chi connectivity index (χ1n) is 6.79. The zero-order chi connectivity index (χ0) is 15.2. The van der Waals surface area contributed by atoms with Crippen molar-refractivity contribution in [1.29, 1.82) is 0 Å². The topological polar surface area (TPSA) is 32.3 Å². The Hall–Kier alpha value is -1.81. The summed E-state index contributed by atoms with van der Waals surface area (Å²) in [4.78, 5) is 14.2. The van der Waals surface area contributed by atoms with Crippen LogP contribution in [0.2, 0.25) is 0 Å². The third-order valence-electron chi connectivity index (χ3n) is 3.26. The Labute approximate surface area is 134 Å². The number of alkyl halides is 1. The molecule has 1 amide bonds. The van der Waals surface area contributed by atoms with Gasteiger partial charge in [-0.1, -0.05) is 46.3 Å². The van der Waals surface area contributed by atoms with E-state index >= 15 is 0 Å². The van der Waals surface area contributed by atoms with Crippen LogP contribution in [0.15, 0.2) is 48.5 Å². The second-order valence-electron chi connectivity index (χ2n) is 5.08. The molecule has 0 radical (unpaired) electrons. The molecule has 0 aromatic heterocycles. The predicted octanol–water partition coefficient (Wildman–Crippen LogP) is 3.58. The molecule has 0 bridgehead atoms. The molecule has 0 aliphatic heterocycles. The maximum Gasteiger partial charge on any atom is 0.251 e. The highest BCUT2D eigenvalue weighted by Crippen LogP contribution is 2.13. The second kappa shape index (κ2) is 7.27. The number of benzene rings is 2. The molecule has 0 saturated heterocycles. The van der Waals surface area contributed by atoms with Crippen LogP contribution in [0, 0.1) is 0 Å². The Balaban J connectivity index is 1.99. The maximum atomic E-state index is 12.2. The van der Waals surface area contributed by atoms with Crippen LogP contribution in [0.3, 0.4) is 0 Å². The number of nitrogens with one attached hydrogen (secondary N) is 1. The van der Waals surface area contributed by atoms with Crippen LogP contribution in [0.5, 0.6) is 0 Å². The van der Waals surface area contributed by atoms with Gasteiger partial charge in [-0.2, -0.15) is 0 Å². The number of hydrogen-bond acceptors (Lipinski definition) is 2. The molecule has 0 aliphatic carbocycles. The zero-order valence-electron chi connectivity index (χ0n) is 12.3. The summed E-state index contributed by atoms with van der Waals surface area (Å²) in [6.45, 7) is 0.535. The highest BCUT2D eigenvalue weighted by atomic mass is 79.9. The molecule has 0 aliphatic rings. The van der Waals surface area contributed by atoms with Gasteiger partial charge in [0.25, 0.3) is 5.91 Å². The van der Waals surface area contributed by atoms with E-state index < -0.39 is 0 Å². The third kappa shape index (κ3) is 4.33. The Bertz CT molecular complexity index is 608. The first-order valence-corrected chi connectivity index (χ1v) is 7.91. The van der Waals surface area contributed by atoms with Crippen molar-refractivity contribution in [2.75, 3.05) is 19.0 Å². The van der Waals surface area contributed by atoms with Crippen molar-refractivity contribution in [1.82, 2.24) is 5.32 Å². The number of carbonyl (C=O) groups excluding carboxylic acids is 1. The van der Waals surface area contributed by atoms with Gasteiger partial charge in [-0.3, -0.25) is 4.79 Å². The van der Waals surface area contributed by atoms with E-state index in [2.05, 4.69) is 33.4 Å². The standard InChI is InChI=1S/C17H19BrN2O/c1-20(2)16-5-3-4-15(10-16)17(21)19-12-14-8-6-13(11-18)7-9-14/h3-10H,11-12H2,1-2H3,(H,19,21). The lowest BCUT2D eigenvalue weighted by atomic mass is 10.1. The smallest absolute Gasteiger partial charge is 0.251 e. The number of nitrogens with zero attached hydrogens (tertiary/aromatic N) is 1. The third-order valence-corrected chi connectivity index (χ3v) is 3.90. The van der Waals surface area contributed by atoms with Gasteiger partial charge in [-0.15, -0.1) is 0 Å². The fourth-order valence-corrected chi connectivity index (χ4v) is 2.33. The molecule has 2 rings (SSSR count). The van der Waals surface area contributed by atoms with Gasteiger partial charge in [0.15, 0.2) is 0 Å². The number of rotatable bonds is 5. The van der Waals surface area contributed by atoms with Crippen molar-refractivity contribution >= 4 is 27.5 Å². The summed E-state index contributed by atoms with van der Waals surface area (Å²) in [6, 6.07) is 15.8. The summed E-state index contributed by atoms with van der Waals surface area (Å²) < 4.78 is 0. The van der Waals surface area contributed by atoms with E-state index in [1.54, 1.807) is 0 Å². The highest BCUT2D eigenvalue weighted by molar-refractivity contribution is 9.08. The lowest BCUT2D eigenvalue weighted by molar-refractivity contribution is 0.0951. The quantitative estimate of drug-likeness (QED) is 0.839. The van der Waals surface area contributed by atoms with Crippen LogP contribution in [0.1, 0.15) is 21.5 Å². The van der Waals surface area contributed by atoms with Gasteiger partial charge >= 0.3 is 0 Å². The van der Waals surface area contributed by atoms with Gasteiger partial charge in [0.1, 0.15) is 0 Å². The lowest BCUT2D eigenvalue weighted by Crippen LogP contribution is -2.23. The molecule has 0 saturated carbocycles. The van der Waals surface area contributed by atoms with Gasteiger partial charge in [0, 0.05) is 37.2 Å². The molecule has 0 fully saturated rings. The van der Waals surface area contributed by atoms with Crippen molar-refractivity contribution in [2.45, 2.75) is 11.9 Å². The summed E-state index contributed by atoms with van der Waals surface area (Å²) in [5.74, 6) is -0.0525. The van der Waals surface area contributed by atoms with Crippen LogP contribution in [0.4, 0.5) is 5.69 Å². The van der Waals surface area contributed by atoms with Crippen molar-refractivity contribution in [3.63, 3.8) is 0 Å². The molecule has 110 valence electrons. The van der Waals surface area contributed by atoms with E-state index in [4.69, 9.17) is 0 Å². The first kappa shape index (κ1) is 15.6. The molecular formula is C17H19BrN2O. The molecular weight excluding hydrogens is 328 g/mol. The van der Waals surface area contributed by atoms with Crippen LogP contribution in [-0.4, -0.2) is 20.0 Å². The molecule has 4 heteroatoms. The van der Waals surface area contributed by atoms with Crippen molar-refractivity contribution in [2.24, 2.45) is 0 Å². The fraction of sp³-hybridized carbons (Fsp3) is 0.235. The number of hydrogen-bond donors (Lipinski definition) is 1. The minimum Gasteiger partial charge on any atom is -0.378 e. The monoisotopic (exact) mass is 346 g/mol. The van der Waals surface area contributed by atoms with Gasteiger partial charge < -0.3 is 10.2 Å². The second-order valence-corrected chi connectivity index (χ2v) is 5.64. The van der Waals surface area contributed by atoms with Crippen molar-refractivity contribution in [3.8, 4) is 0 Å². The van der Waals surface area contributed by atoms with E-state index in [0.717, 1.165) is 16.6 Å². The molecule has 1 N–H and O–H groups in total. The highest BCUT2D eigenvalue weighted by Gasteiger charge is 2.06. The molecule has 21 heavy (non-hydrogen) atoms. The minimum atomic E-state index is -0.0525. The van der Waals surface area contributed by atoms with E-state index in [0.29, 0.717) is 12.1 Å². The largest absolute Gasteiger partial charge is 0.378 e. The van der Waals surface area contributed by atoms with E-state index in [1.807, 2.05) is 55.4 Å². The van der Waals surface area contributed by atoms with E-state index in [1.165, 1.54) is 5.56 Å². The molecule has 0 atom stereocenters. The van der Waals surface area contributed by atoms with Gasteiger partial charge in [0.2, 0.25) is 0 Å². The minimum absolute atomic E-state index is 0.0525. The molecule has 0 unspecified atom stereocenters. The van der Waals surface area contributed by atoms with Crippen LogP contribution < -0.4 is 10.2 Å². The average molecular weight is 347 g/mol. The molecule has 3 nitrogen and oxygen atoms in total. The molecule has 2 aromatic rings. The SMILES string of the molecule is CN(C)c1cccc(C(=O)NCc2ccc(CBr)cc2)c1. The van der Waals surface area contributed by atoms with Gasteiger partial charge in [-0.05, 0) is 29.3 Å². The van der Waals surface area contributed by atoms with E-state index in [-0.39, 0.29) is 5.91 Å². The molecule has 0 heterocycles. The average Bonchev–Trinajstić information content (AvgIpc) is 2.53. The Kier molecular flexibility index (Phi) is 5.39. The number of carbonyl (C=O) groups is 1. The van der Waals surface area contributed by atoms with Gasteiger partial charge in [0.05, 0.1) is 0 Å². The number of anilines is 1. The number of halogens is 1. The summed E-state index contributed by atoms with van der Waals surface area (Å²) in [6.07, 6.45) is 0. The molecule has 2 aromatic carbocycles. The lowest BCUT2D eigenvalue weighted by Gasteiger charge is -2.13. The summed E-state index contributed by atoms with van der Waals surface area (Å²) >= 11 is 3.42. The number of amides is 1. The summed E-state index contributed by atoms with van der Waals surface area (Å²) in [7, 11) is 3.92. The van der Waals surface area contributed by atoms with Gasteiger partial charge in [-0.25, -0.2) is 0 Å². The van der Waals surface area contributed by atoms with Crippen molar-refractivity contribution in [3.05, 3.63) is 65.2 Å². The predicted molar refractivity (Wildman–Crippen MR) is 91.0 cm³/mol. The fourth-order valence-electron chi connectivity index (χ4n) is 1.96. The van der Waals surface area contributed by atoms with Crippen molar-refractivity contribution < 1.29 is 4.79 Å². The summed E-state index contributed by atoms with van der Waals surface area (Å²) in [5, 5.41) is 3.79. The van der Waals surface area contributed by atoms with E-state index in [9.17, 15) is 4.79 Å². The normalized spacial score (nSPS) is 10.2. The Morgan fingerprint density at radius 2 is 1.76 bits per heavy atom. The first-order chi connectivity index (χ1) is 10.1. The maximum absolute atomic E-state index is 12.2. The van der Waals surface area contributed by atoms with Crippen LogP contribution in [0.25, 0.3) is 0 Å². The Morgan fingerprint density at radius 1 is 1.10 bits per heavy atom. The molecule has 0 spiro atoms. The summed E-state index contributed by atoms with van der Waals surface area (Å²) in [5.41, 5.74) is 4.02. The zero-order valence-corrected chi connectivity index (χ0v) is 13.9.